The third kappa shape index (κ3) is 5.67. The molecule has 4 heteroatoms. The van der Waals surface area contributed by atoms with E-state index in [2.05, 4.69) is 170 Å². The molecule has 3 heterocycles. The molecule has 0 spiro atoms. The molecule has 55 heavy (non-hydrogen) atoms. The molecule has 0 unspecified atom stereocenters. The quantitative estimate of drug-likeness (QED) is 0.153. The molecule has 0 saturated carbocycles. The molecular weight excluding hydrogens is 687 g/mol. The predicted octanol–water partition coefficient (Wildman–Crippen LogP) is 14.1. The van der Waals surface area contributed by atoms with Crippen molar-refractivity contribution in [2.24, 2.45) is 0 Å². The Morgan fingerprint density at radius 2 is 1.16 bits per heavy atom. The van der Waals surface area contributed by atoms with E-state index in [0.717, 1.165) is 44.8 Å². The van der Waals surface area contributed by atoms with Crippen molar-refractivity contribution < 1.29 is 0 Å². The van der Waals surface area contributed by atoms with Gasteiger partial charge < -0.3 is 4.57 Å². The van der Waals surface area contributed by atoms with E-state index in [0.29, 0.717) is 5.82 Å². The van der Waals surface area contributed by atoms with Crippen molar-refractivity contribution in [2.45, 2.75) is 6.92 Å². The van der Waals surface area contributed by atoms with Gasteiger partial charge in [-0.3, -0.25) is 0 Å². The Morgan fingerprint density at radius 1 is 0.527 bits per heavy atom. The van der Waals surface area contributed by atoms with Crippen molar-refractivity contribution in [1.29, 1.82) is 0 Å². The van der Waals surface area contributed by atoms with Crippen molar-refractivity contribution in [3.05, 3.63) is 194 Å². The van der Waals surface area contributed by atoms with Gasteiger partial charge in [0.1, 0.15) is 0 Å². The van der Waals surface area contributed by atoms with Crippen LogP contribution in [0.5, 0.6) is 0 Å². The maximum atomic E-state index is 5.25. The van der Waals surface area contributed by atoms with Gasteiger partial charge in [-0.1, -0.05) is 134 Å². The summed E-state index contributed by atoms with van der Waals surface area (Å²) in [5, 5.41) is 6.08. The zero-order valence-corrected chi connectivity index (χ0v) is 31.1. The lowest BCUT2D eigenvalue weighted by Gasteiger charge is -2.14. The van der Waals surface area contributed by atoms with E-state index in [1.54, 1.807) is 0 Å². The van der Waals surface area contributed by atoms with E-state index in [1.165, 1.54) is 53.2 Å². The number of allylic oxidation sites excluding steroid dienone is 2. The SMILES string of the molecule is C=C/C=C\c1c(C)c2cc(-c3ccc(-c4cc(-c5ccc6sc7ccccc7c6c5)nc(-c5ccccc5)n4)c4ccccc34)ccc2n1-c1ccccc1. The second-order valence-electron chi connectivity index (χ2n) is 13.9. The Balaban J connectivity index is 1.14. The van der Waals surface area contributed by atoms with E-state index >= 15 is 0 Å². The molecule has 0 radical (unpaired) electrons. The van der Waals surface area contributed by atoms with E-state index in [9.17, 15) is 0 Å². The summed E-state index contributed by atoms with van der Waals surface area (Å²) in [5.74, 6) is 0.710. The zero-order chi connectivity index (χ0) is 36.9. The molecule has 10 aromatic rings. The molecular formula is C51H35N3S. The second-order valence-corrected chi connectivity index (χ2v) is 14.9. The smallest absolute Gasteiger partial charge is 0.160 e. The number of aryl methyl sites for hydroxylation is 1. The average molecular weight is 722 g/mol. The highest BCUT2D eigenvalue weighted by Gasteiger charge is 2.18. The third-order valence-electron chi connectivity index (χ3n) is 10.6. The molecule has 0 amide bonds. The van der Waals surface area contributed by atoms with Gasteiger partial charge in [-0.25, -0.2) is 9.97 Å². The summed E-state index contributed by atoms with van der Waals surface area (Å²) in [6, 6.07) is 58.4. The number of rotatable bonds is 7. The van der Waals surface area contributed by atoms with Crippen molar-refractivity contribution >= 4 is 59.3 Å². The van der Waals surface area contributed by atoms with Crippen LogP contribution >= 0.6 is 11.3 Å². The van der Waals surface area contributed by atoms with Crippen LogP contribution in [-0.4, -0.2) is 14.5 Å². The Kier molecular flexibility index (Phi) is 8.05. The maximum absolute atomic E-state index is 5.25. The first kappa shape index (κ1) is 32.7. The van der Waals surface area contributed by atoms with E-state index in [4.69, 9.17) is 9.97 Å². The first-order valence-electron chi connectivity index (χ1n) is 18.5. The largest absolute Gasteiger partial charge is 0.310 e. The molecule has 0 atom stereocenters. The molecule has 3 aromatic heterocycles. The fraction of sp³-hybridized carbons (Fsp3) is 0.0196. The van der Waals surface area contributed by atoms with Crippen LogP contribution in [-0.2, 0) is 0 Å². The molecule has 0 saturated heterocycles. The molecule has 0 aliphatic carbocycles. The van der Waals surface area contributed by atoms with Gasteiger partial charge in [0, 0.05) is 53.6 Å². The molecule has 260 valence electrons. The number of aromatic nitrogens is 3. The number of thiophene rings is 1. The molecule has 0 aliphatic heterocycles. The van der Waals surface area contributed by atoms with Gasteiger partial charge in [0.05, 0.1) is 16.9 Å². The molecule has 10 rings (SSSR count). The zero-order valence-electron chi connectivity index (χ0n) is 30.3. The number of nitrogens with zero attached hydrogens (tertiary/aromatic N) is 3. The fourth-order valence-corrected chi connectivity index (χ4v) is 9.04. The van der Waals surface area contributed by atoms with E-state index in [1.807, 2.05) is 41.7 Å². The van der Waals surface area contributed by atoms with Crippen molar-refractivity contribution in [1.82, 2.24) is 14.5 Å². The van der Waals surface area contributed by atoms with Crippen LogP contribution in [0.25, 0.3) is 98.6 Å². The van der Waals surface area contributed by atoms with E-state index in [-0.39, 0.29) is 0 Å². The summed E-state index contributed by atoms with van der Waals surface area (Å²) >= 11 is 1.83. The molecule has 0 fully saturated rings. The van der Waals surface area contributed by atoms with Crippen LogP contribution in [0.3, 0.4) is 0 Å². The second kappa shape index (κ2) is 13.5. The van der Waals surface area contributed by atoms with Crippen LogP contribution in [0.4, 0.5) is 0 Å². The summed E-state index contributed by atoms with van der Waals surface area (Å²) in [6.07, 6.45) is 6.00. The van der Waals surface area contributed by atoms with Crippen LogP contribution in [0.15, 0.2) is 183 Å². The van der Waals surface area contributed by atoms with Gasteiger partial charge in [0.2, 0.25) is 0 Å². The number of fused-ring (bicyclic) bond motifs is 5. The fourth-order valence-electron chi connectivity index (χ4n) is 7.96. The summed E-state index contributed by atoms with van der Waals surface area (Å²) < 4.78 is 4.91. The summed E-state index contributed by atoms with van der Waals surface area (Å²) in [6.45, 7) is 6.14. The average Bonchev–Trinajstić information content (AvgIpc) is 3.76. The number of hydrogen-bond donors (Lipinski definition) is 0. The van der Waals surface area contributed by atoms with Gasteiger partial charge in [0.15, 0.2) is 5.82 Å². The Morgan fingerprint density at radius 3 is 1.96 bits per heavy atom. The summed E-state index contributed by atoms with van der Waals surface area (Å²) in [7, 11) is 0. The van der Waals surface area contributed by atoms with Gasteiger partial charge >= 0.3 is 0 Å². The lowest BCUT2D eigenvalue weighted by atomic mass is 9.92. The Hall–Kier alpha value is -6.88. The van der Waals surface area contributed by atoms with Gasteiger partial charge in [0.25, 0.3) is 0 Å². The van der Waals surface area contributed by atoms with E-state index < -0.39 is 0 Å². The molecule has 0 N–H and O–H groups in total. The monoisotopic (exact) mass is 721 g/mol. The highest BCUT2D eigenvalue weighted by Crippen LogP contribution is 2.41. The first-order chi connectivity index (χ1) is 27.1. The molecule has 7 aromatic carbocycles. The van der Waals surface area contributed by atoms with Gasteiger partial charge in [-0.15, -0.1) is 11.3 Å². The van der Waals surface area contributed by atoms with Gasteiger partial charge in [-0.05, 0) is 89.0 Å². The minimum absolute atomic E-state index is 0.710. The minimum atomic E-state index is 0.710. The third-order valence-corrected chi connectivity index (χ3v) is 11.8. The van der Waals surface area contributed by atoms with Crippen molar-refractivity contribution in [3.8, 4) is 50.7 Å². The Bertz CT molecular complexity index is 3110. The van der Waals surface area contributed by atoms with Crippen LogP contribution in [0, 0.1) is 6.92 Å². The lowest BCUT2D eigenvalue weighted by molar-refractivity contribution is 1.10. The van der Waals surface area contributed by atoms with Crippen molar-refractivity contribution in [3.63, 3.8) is 0 Å². The van der Waals surface area contributed by atoms with Crippen molar-refractivity contribution in [2.75, 3.05) is 0 Å². The topological polar surface area (TPSA) is 30.7 Å². The van der Waals surface area contributed by atoms with Gasteiger partial charge in [-0.2, -0.15) is 0 Å². The number of benzene rings is 7. The van der Waals surface area contributed by atoms with Crippen LogP contribution < -0.4 is 0 Å². The maximum Gasteiger partial charge on any atom is 0.160 e. The minimum Gasteiger partial charge on any atom is -0.310 e. The lowest BCUT2D eigenvalue weighted by Crippen LogP contribution is -1.97. The number of hydrogen-bond acceptors (Lipinski definition) is 3. The highest BCUT2D eigenvalue weighted by molar-refractivity contribution is 7.25. The summed E-state index contributed by atoms with van der Waals surface area (Å²) in [4.78, 5) is 10.4. The standard InChI is InChI=1S/C51H35N3S/c1-3-4-22-47-33(2)43-30-35(24-28-48(43)54(47)37-17-9-6-10-18-37)38-26-27-41(40-20-12-11-19-39(38)40)46-32-45(52-51(53-46)34-15-7-5-8-16-34)36-25-29-50-44(31-36)42-21-13-14-23-49(42)55-50/h3-32H,1H2,2H3/b22-4-. The first-order valence-corrected chi connectivity index (χ1v) is 19.3. The predicted molar refractivity (Wildman–Crippen MR) is 235 cm³/mol. The molecule has 0 aliphatic rings. The molecule has 0 bridgehead atoms. The summed E-state index contributed by atoms with van der Waals surface area (Å²) in [5.41, 5.74) is 12.0. The number of para-hydroxylation sites is 1. The normalized spacial score (nSPS) is 11.7. The molecule has 3 nitrogen and oxygen atoms in total. The van der Waals surface area contributed by atoms with Crippen LogP contribution in [0.2, 0.25) is 0 Å². The Labute approximate surface area is 323 Å². The van der Waals surface area contributed by atoms with Crippen LogP contribution in [0.1, 0.15) is 11.3 Å². The highest BCUT2D eigenvalue weighted by atomic mass is 32.1.